The van der Waals surface area contributed by atoms with E-state index in [0.29, 0.717) is 36.8 Å². The van der Waals surface area contributed by atoms with Gasteiger partial charge in [-0.3, -0.25) is 9.59 Å². The molecule has 0 saturated carbocycles. The molecule has 3 heterocycles. The summed E-state index contributed by atoms with van der Waals surface area (Å²) in [6, 6.07) is 9.88. The van der Waals surface area contributed by atoms with Gasteiger partial charge in [0.2, 0.25) is 5.76 Å². The van der Waals surface area contributed by atoms with Gasteiger partial charge in [-0.25, -0.2) is 9.97 Å². The van der Waals surface area contributed by atoms with Gasteiger partial charge >= 0.3 is 0 Å². The van der Waals surface area contributed by atoms with E-state index in [9.17, 15) is 9.59 Å². The summed E-state index contributed by atoms with van der Waals surface area (Å²) in [6.07, 6.45) is 3.04. The number of aromatic nitrogens is 3. The highest BCUT2D eigenvalue weighted by Gasteiger charge is 2.27. The molecule has 1 aliphatic rings. The van der Waals surface area contributed by atoms with Crippen molar-refractivity contribution < 1.29 is 14.0 Å². The zero-order valence-electron chi connectivity index (χ0n) is 14.9. The van der Waals surface area contributed by atoms with Crippen molar-refractivity contribution in [2.75, 3.05) is 6.54 Å². The monoisotopic (exact) mass is 365 g/mol. The first-order valence-corrected chi connectivity index (χ1v) is 8.69. The van der Waals surface area contributed by atoms with Gasteiger partial charge < -0.3 is 19.2 Å². The lowest BCUT2D eigenvalue weighted by molar-refractivity contribution is 0.0683. The van der Waals surface area contributed by atoms with E-state index in [1.54, 1.807) is 18.0 Å². The lowest BCUT2D eigenvalue weighted by Gasteiger charge is -2.27. The fourth-order valence-electron chi connectivity index (χ4n) is 3.09. The maximum absolute atomic E-state index is 12.7. The summed E-state index contributed by atoms with van der Waals surface area (Å²) >= 11 is 0. The van der Waals surface area contributed by atoms with Gasteiger partial charge in [0.25, 0.3) is 11.8 Å². The summed E-state index contributed by atoms with van der Waals surface area (Å²) in [5.74, 6) is 0.128. The van der Waals surface area contributed by atoms with Gasteiger partial charge in [0.15, 0.2) is 12.2 Å². The van der Waals surface area contributed by atoms with Crippen LogP contribution in [0.25, 0.3) is 0 Å². The van der Waals surface area contributed by atoms with E-state index < -0.39 is 0 Å². The van der Waals surface area contributed by atoms with Crippen LogP contribution in [0.2, 0.25) is 0 Å². The molecule has 0 spiro atoms. The molecule has 0 unspecified atom stereocenters. The minimum absolute atomic E-state index is 0.103. The molecule has 0 aliphatic carbocycles. The number of hydrogen-bond donors (Lipinski definition) is 1. The van der Waals surface area contributed by atoms with E-state index >= 15 is 0 Å². The van der Waals surface area contributed by atoms with E-state index in [0.717, 1.165) is 5.56 Å². The second-order valence-corrected chi connectivity index (χ2v) is 6.41. The number of hydrogen-bond acceptors (Lipinski definition) is 5. The standard InChI is InChI=1S/C19H19N5O3/c1-13-16(27-12-21-13)18(25)20-9-15-11-23-7-8-24(19(26)17(23)22-15)10-14-5-3-2-4-6-14/h2-6,11-12H,7-10H2,1H3,(H,20,25). The Labute approximate surface area is 155 Å². The molecule has 2 aromatic heterocycles. The van der Waals surface area contributed by atoms with E-state index in [-0.39, 0.29) is 24.1 Å². The number of nitrogens with one attached hydrogen (secondary N) is 1. The topological polar surface area (TPSA) is 93.3 Å². The molecule has 8 nitrogen and oxygen atoms in total. The van der Waals surface area contributed by atoms with E-state index in [2.05, 4.69) is 15.3 Å². The number of aryl methyl sites for hydroxylation is 1. The highest BCUT2D eigenvalue weighted by molar-refractivity contribution is 5.92. The average Bonchev–Trinajstić information content (AvgIpc) is 3.29. The van der Waals surface area contributed by atoms with Gasteiger partial charge in [-0.15, -0.1) is 0 Å². The lowest BCUT2D eigenvalue weighted by atomic mass is 10.2. The molecule has 2 amide bonds. The predicted molar refractivity (Wildman–Crippen MR) is 95.8 cm³/mol. The number of benzene rings is 1. The number of imidazole rings is 1. The largest absolute Gasteiger partial charge is 0.438 e. The molecular formula is C19H19N5O3. The Morgan fingerprint density at radius 1 is 1.26 bits per heavy atom. The third kappa shape index (κ3) is 3.46. The molecule has 0 saturated heterocycles. The number of oxazole rings is 1. The van der Waals surface area contributed by atoms with Gasteiger partial charge in [-0.05, 0) is 12.5 Å². The van der Waals surface area contributed by atoms with Crippen LogP contribution in [0, 0.1) is 6.92 Å². The number of carbonyl (C=O) groups excluding carboxylic acids is 2. The molecular weight excluding hydrogens is 346 g/mol. The van der Waals surface area contributed by atoms with Crippen LogP contribution in [0.1, 0.15) is 38.1 Å². The molecule has 0 radical (unpaired) electrons. The zero-order chi connectivity index (χ0) is 18.8. The second-order valence-electron chi connectivity index (χ2n) is 6.41. The van der Waals surface area contributed by atoms with Crippen molar-refractivity contribution in [3.05, 3.63) is 71.5 Å². The van der Waals surface area contributed by atoms with Gasteiger partial charge in [0, 0.05) is 25.8 Å². The SMILES string of the molecule is Cc1ncoc1C(=O)NCc1cn2c(n1)C(=O)N(Cc1ccccc1)CC2. The molecule has 4 rings (SSSR count). The van der Waals surface area contributed by atoms with Crippen LogP contribution >= 0.6 is 0 Å². The fraction of sp³-hybridized carbons (Fsp3) is 0.263. The highest BCUT2D eigenvalue weighted by Crippen LogP contribution is 2.16. The van der Waals surface area contributed by atoms with Crippen LogP contribution in [-0.2, 0) is 19.6 Å². The minimum atomic E-state index is -0.354. The summed E-state index contributed by atoms with van der Waals surface area (Å²) in [4.78, 5) is 34.9. The number of nitrogens with zero attached hydrogens (tertiary/aromatic N) is 4. The van der Waals surface area contributed by atoms with Crippen LogP contribution < -0.4 is 5.32 Å². The quantitative estimate of drug-likeness (QED) is 0.744. The van der Waals surface area contributed by atoms with Crippen molar-refractivity contribution in [1.82, 2.24) is 24.8 Å². The Morgan fingerprint density at radius 2 is 2.07 bits per heavy atom. The van der Waals surface area contributed by atoms with Crippen LogP contribution in [0.5, 0.6) is 0 Å². The molecule has 1 aromatic carbocycles. The lowest BCUT2D eigenvalue weighted by Crippen LogP contribution is -2.39. The van der Waals surface area contributed by atoms with E-state index in [4.69, 9.17) is 4.42 Å². The summed E-state index contributed by atoms with van der Waals surface area (Å²) in [6.45, 7) is 3.78. The summed E-state index contributed by atoms with van der Waals surface area (Å²) in [5.41, 5.74) is 2.24. The van der Waals surface area contributed by atoms with Gasteiger partial charge in [0.05, 0.1) is 17.9 Å². The molecule has 0 atom stereocenters. The number of rotatable bonds is 5. The average molecular weight is 365 g/mol. The van der Waals surface area contributed by atoms with Crippen molar-refractivity contribution >= 4 is 11.8 Å². The van der Waals surface area contributed by atoms with Crippen LogP contribution in [0.3, 0.4) is 0 Å². The van der Waals surface area contributed by atoms with Crippen molar-refractivity contribution in [3.63, 3.8) is 0 Å². The van der Waals surface area contributed by atoms with Crippen molar-refractivity contribution in [1.29, 1.82) is 0 Å². The first-order chi connectivity index (χ1) is 13.1. The molecule has 8 heteroatoms. The predicted octanol–water partition coefficient (Wildman–Crippen LogP) is 1.77. The normalized spacial score (nSPS) is 13.5. The Morgan fingerprint density at radius 3 is 2.81 bits per heavy atom. The number of amides is 2. The van der Waals surface area contributed by atoms with Crippen LogP contribution in [0.4, 0.5) is 0 Å². The minimum Gasteiger partial charge on any atom is -0.438 e. The van der Waals surface area contributed by atoms with E-state index in [1.165, 1.54) is 6.39 Å². The maximum Gasteiger partial charge on any atom is 0.290 e. The summed E-state index contributed by atoms with van der Waals surface area (Å²) in [5, 5.41) is 2.74. The van der Waals surface area contributed by atoms with Crippen LogP contribution in [0.15, 0.2) is 47.3 Å². The molecule has 0 fully saturated rings. The first-order valence-electron chi connectivity index (χ1n) is 8.69. The van der Waals surface area contributed by atoms with Gasteiger partial charge in [-0.1, -0.05) is 30.3 Å². The van der Waals surface area contributed by atoms with Crippen molar-refractivity contribution in [2.45, 2.75) is 26.6 Å². The van der Waals surface area contributed by atoms with Gasteiger partial charge in [0.1, 0.15) is 0 Å². The summed E-state index contributed by atoms with van der Waals surface area (Å²) < 4.78 is 6.91. The maximum atomic E-state index is 12.7. The first kappa shape index (κ1) is 17.0. The Hall–Kier alpha value is -3.42. The zero-order valence-corrected chi connectivity index (χ0v) is 14.9. The smallest absolute Gasteiger partial charge is 0.290 e. The molecule has 138 valence electrons. The third-order valence-corrected chi connectivity index (χ3v) is 4.51. The van der Waals surface area contributed by atoms with Gasteiger partial charge in [-0.2, -0.15) is 0 Å². The van der Waals surface area contributed by atoms with Crippen LogP contribution in [-0.4, -0.2) is 37.8 Å². The van der Waals surface area contributed by atoms with Crippen molar-refractivity contribution in [3.8, 4) is 0 Å². The van der Waals surface area contributed by atoms with E-state index in [1.807, 2.05) is 34.9 Å². The Bertz CT molecular complexity index is 976. The third-order valence-electron chi connectivity index (χ3n) is 4.51. The molecule has 1 aliphatic heterocycles. The Kier molecular flexibility index (Phi) is 4.45. The number of fused-ring (bicyclic) bond motifs is 1. The molecule has 3 aromatic rings. The molecule has 27 heavy (non-hydrogen) atoms. The second kappa shape index (κ2) is 7.06. The van der Waals surface area contributed by atoms with Crippen molar-refractivity contribution in [2.24, 2.45) is 0 Å². The molecule has 1 N–H and O–H groups in total. The highest BCUT2D eigenvalue weighted by atomic mass is 16.3. The Balaban J connectivity index is 1.43. The summed E-state index contributed by atoms with van der Waals surface area (Å²) in [7, 11) is 0. The number of carbonyl (C=O) groups is 2. The fourth-order valence-corrected chi connectivity index (χ4v) is 3.09. The molecule has 0 bridgehead atoms.